The van der Waals surface area contributed by atoms with Crippen molar-refractivity contribution in [1.29, 1.82) is 0 Å². The lowest BCUT2D eigenvalue weighted by molar-refractivity contribution is 0.0951. The van der Waals surface area contributed by atoms with E-state index in [0.29, 0.717) is 18.0 Å². The molecule has 1 amide bonds. The number of pyridine rings is 1. The van der Waals surface area contributed by atoms with Gasteiger partial charge in [0.25, 0.3) is 5.91 Å². The summed E-state index contributed by atoms with van der Waals surface area (Å²) in [6.45, 7) is 0.403. The van der Waals surface area contributed by atoms with Crippen LogP contribution >= 0.6 is 0 Å². The number of nitrogens with one attached hydrogen (secondary N) is 1. The summed E-state index contributed by atoms with van der Waals surface area (Å²) < 4.78 is 6.63. The molecule has 0 radical (unpaired) electrons. The molecule has 23 heavy (non-hydrogen) atoms. The number of hydrogen-bond acceptors (Lipinski definition) is 5. The molecule has 7 heteroatoms. The molecule has 0 atom stereocenters. The van der Waals surface area contributed by atoms with Crippen molar-refractivity contribution in [3.63, 3.8) is 0 Å². The van der Waals surface area contributed by atoms with E-state index in [4.69, 9.17) is 4.74 Å². The Kier molecular flexibility index (Phi) is 4.28. The van der Waals surface area contributed by atoms with Gasteiger partial charge in [-0.1, -0.05) is 6.07 Å². The lowest BCUT2D eigenvalue weighted by Gasteiger charge is -2.07. The predicted octanol–water partition coefficient (Wildman–Crippen LogP) is 1.60. The molecule has 0 saturated carbocycles. The molecule has 0 aliphatic carbocycles. The second kappa shape index (κ2) is 6.69. The number of ether oxygens (including phenoxy) is 1. The van der Waals surface area contributed by atoms with Crippen molar-refractivity contribution in [2.75, 3.05) is 7.11 Å². The first-order valence-corrected chi connectivity index (χ1v) is 6.98. The molecule has 7 nitrogen and oxygen atoms in total. The molecule has 0 fully saturated rings. The molecule has 0 bridgehead atoms. The Bertz CT molecular complexity index is 767. The van der Waals surface area contributed by atoms with Gasteiger partial charge in [-0.2, -0.15) is 5.10 Å². The van der Waals surface area contributed by atoms with Crippen LogP contribution in [-0.4, -0.2) is 32.8 Å². The van der Waals surface area contributed by atoms with Gasteiger partial charge in [0.2, 0.25) is 5.88 Å². The summed E-state index contributed by atoms with van der Waals surface area (Å²) in [6.07, 6.45) is 4.74. The minimum absolute atomic E-state index is 0.147. The Morgan fingerprint density at radius 1 is 1.22 bits per heavy atom. The summed E-state index contributed by atoms with van der Waals surface area (Å²) in [5, 5.41) is 6.89. The molecule has 2 aromatic heterocycles. The minimum Gasteiger partial charge on any atom is -0.481 e. The maximum absolute atomic E-state index is 12.1. The molecular formula is C16H15N5O2. The highest BCUT2D eigenvalue weighted by atomic mass is 16.5. The van der Waals surface area contributed by atoms with Crippen molar-refractivity contribution >= 4 is 5.91 Å². The van der Waals surface area contributed by atoms with E-state index in [1.54, 1.807) is 42.5 Å². The lowest BCUT2D eigenvalue weighted by Crippen LogP contribution is -2.22. The van der Waals surface area contributed by atoms with Crippen molar-refractivity contribution in [2.45, 2.75) is 6.54 Å². The second-order valence-corrected chi connectivity index (χ2v) is 4.78. The smallest absolute Gasteiger partial charge is 0.251 e. The summed E-state index contributed by atoms with van der Waals surface area (Å²) in [5.41, 5.74) is 2.33. The predicted molar refractivity (Wildman–Crippen MR) is 83.3 cm³/mol. The van der Waals surface area contributed by atoms with E-state index in [2.05, 4.69) is 20.4 Å². The summed E-state index contributed by atoms with van der Waals surface area (Å²) >= 11 is 0. The van der Waals surface area contributed by atoms with E-state index >= 15 is 0 Å². The Morgan fingerprint density at radius 2 is 2.04 bits per heavy atom. The van der Waals surface area contributed by atoms with Gasteiger partial charge in [0.1, 0.15) is 12.7 Å². The fraction of sp³-hybridized carbons (Fsp3) is 0.125. The van der Waals surface area contributed by atoms with Crippen LogP contribution in [0.25, 0.3) is 5.69 Å². The summed E-state index contributed by atoms with van der Waals surface area (Å²) in [4.78, 5) is 20.1. The summed E-state index contributed by atoms with van der Waals surface area (Å²) in [7, 11) is 1.56. The maximum Gasteiger partial charge on any atom is 0.251 e. The minimum atomic E-state index is -0.147. The van der Waals surface area contributed by atoms with Crippen molar-refractivity contribution < 1.29 is 9.53 Å². The van der Waals surface area contributed by atoms with E-state index in [0.717, 1.165) is 11.3 Å². The highest BCUT2D eigenvalue weighted by Gasteiger charge is 2.06. The van der Waals surface area contributed by atoms with Gasteiger partial charge in [0, 0.05) is 24.4 Å². The van der Waals surface area contributed by atoms with E-state index in [-0.39, 0.29) is 5.91 Å². The van der Waals surface area contributed by atoms with Crippen molar-refractivity contribution in [2.24, 2.45) is 0 Å². The Hall–Kier alpha value is -3.22. The van der Waals surface area contributed by atoms with Crippen LogP contribution in [0.15, 0.2) is 55.2 Å². The summed E-state index contributed by atoms with van der Waals surface area (Å²) in [6, 6.07) is 10.8. The van der Waals surface area contributed by atoms with E-state index in [1.807, 2.05) is 18.2 Å². The third kappa shape index (κ3) is 3.52. The monoisotopic (exact) mass is 309 g/mol. The van der Waals surface area contributed by atoms with Crippen molar-refractivity contribution in [1.82, 2.24) is 25.1 Å². The third-order valence-electron chi connectivity index (χ3n) is 3.27. The number of carbonyl (C=O) groups excluding carboxylic acids is 1. The highest BCUT2D eigenvalue weighted by molar-refractivity contribution is 5.94. The Morgan fingerprint density at radius 3 is 2.65 bits per heavy atom. The van der Waals surface area contributed by atoms with Crippen LogP contribution in [0.4, 0.5) is 0 Å². The first kappa shape index (κ1) is 14.7. The molecule has 0 aliphatic heterocycles. The molecule has 0 saturated heterocycles. The summed E-state index contributed by atoms with van der Waals surface area (Å²) in [5.74, 6) is 0.398. The molecule has 3 rings (SSSR count). The molecule has 116 valence electrons. The Labute approximate surface area is 133 Å². The quantitative estimate of drug-likeness (QED) is 0.774. The normalized spacial score (nSPS) is 10.3. The number of benzene rings is 1. The molecule has 2 heterocycles. The number of nitrogens with zero attached hydrogens (tertiary/aromatic N) is 4. The second-order valence-electron chi connectivity index (χ2n) is 4.78. The molecule has 0 unspecified atom stereocenters. The van der Waals surface area contributed by atoms with Crippen LogP contribution in [-0.2, 0) is 6.54 Å². The number of methoxy groups -OCH3 is 1. The fourth-order valence-electron chi connectivity index (χ4n) is 2.03. The van der Waals surface area contributed by atoms with Gasteiger partial charge in [-0.15, -0.1) is 0 Å². The van der Waals surface area contributed by atoms with Crippen LogP contribution in [0.1, 0.15) is 15.9 Å². The van der Waals surface area contributed by atoms with Gasteiger partial charge < -0.3 is 10.1 Å². The lowest BCUT2D eigenvalue weighted by atomic mass is 10.2. The van der Waals surface area contributed by atoms with Crippen LogP contribution in [0, 0.1) is 0 Å². The molecule has 3 aromatic rings. The zero-order chi connectivity index (χ0) is 16.1. The average Bonchev–Trinajstić information content (AvgIpc) is 3.15. The molecule has 0 aliphatic rings. The van der Waals surface area contributed by atoms with Crippen molar-refractivity contribution in [3.05, 3.63) is 66.4 Å². The van der Waals surface area contributed by atoms with E-state index in [9.17, 15) is 4.79 Å². The Balaban J connectivity index is 1.61. The third-order valence-corrected chi connectivity index (χ3v) is 3.27. The first-order chi connectivity index (χ1) is 11.3. The van der Waals surface area contributed by atoms with Gasteiger partial charge >= 0.3 is 0 Å². The fourth-order valence-corrected chi connectivity index (χ4v) is 2.03. The SMILES string of the molecule is COc1ccc(CNC(=O)c2ccc(-n3cncn3)cc2)cn1. The standard InChI is InChI=1S/C16H15N5O2/c1-23-15-7-2-12(8-18-15)9-19-16(22)13-3-5-14(6-4-13)21-11-17-10-20-21/h2-8,10-11H,9H2,1H3,(H,19,22). The molecule has 1 aromatic carbocycles. The highest BCUT2D eigenvalue weighted by Crippen LogP contribution is 2.09. The van der Waals surface area contributed by atoms with Crippen LogP contribution in [0.3, 0.4) is 0 Å². The first-order valence-electron chi connectivity index (χ1n) is 6.98. The van der Waals surface area contributed by atoms with Crippen LogP contribution < -0.4 is 10.1 Å². The van der Waals surface area contributed by atoms with Gasteiger partial charge in [-0.3, -0.25) is 4.79 Å². The molecule has 1 N–H and O–H groups in total. The topological polar surface area (TPSA) is 81.9 Å². The number of carbonyl (C=O) groups is 1. The number of hydrogen-bond donors (Lipinski definition) is 1. The molecule has 0 spiro atoms. The largest absolute Gasteiger partial charge is 0.481 e. The molecular weight excluding hydrogens is 294 g/mol. The number of aromatic nitrogens is 4. The van der Waals surface area contributed by atoms with Gasteiger partial charge in [-0.25, -0.2) is 14.6 Å². The van der Waals surface area contributed by atoms with Crippen LogP contribution in [0.2, 0.25) is 0 Å². The van der Waals surface area contributed by atoms with Gasteiger partial charge in [-0.05, 0) is 29.8 Å². The van der Waals surface area contributed by atoms with E-state index in [1.165, 1.54) is 6.33 Å². The van der Waals surface area contributed by atoms with Crippen LogP contribution in [0.5, 0.6) is 5.88 Å². The van der Waals surface area contributed by atoms with Crippen molar-refractivity contribution in [3.8, 4) is 11.6 Å². The average molecular weight is 309 g/mol. The maximum atomic E-state index is 12.1. The number of rotatable bonds is 5. The zero-order valence-corrected chi connectivity index (χ0v) is 12.5. The van der Waals surface area contributed by atoms with E-state index < -0.39 is 0 Å². The van der Waals surface area contributed by atoms with Gasteiger partial charge in [0.15, 0.2) is 0 Å². The zero-order valence-electron chi connectivity index (χ0n) is 12.5. The number of amides is 1. The van der Waals surface area contributed by atoms with Gasteiger partial charge in [0.05, 0.1) is 12.8 Å².